The SMILES string of the molecule is CCC(CC)n1ccc(CNC(C)CCCCl)n1. The van der Waals surface area contributed by atoms with Gasteiger partial charge in [-0.2, -0.15) is 5.10 Å². The van der Waals surface area contributed by atoms with Gasteiger partial charge in [-0.1, -0.05) is 13.8 Å². The number of nitrogens with one attached hydrogen (secondary N) is 1. The lowest BCUT2D eigenvalue weighted by Crippen LogP contribution is -2.25. The first-order valence-electron chi connectivity index (χ1n) is 7.04. The van der Waals surface area contributed by atoms with Crippen molar-refractivity contribution in [2.75, 3.05) is 5.88 Å². The van der Waals surface area contributed by atoms with Crippen molar-refractivity contribution in [2.24, 2.45) is 0 Å². The highest BCUT2D eigenvalue weighted by atomic mass is 35.5. The molecule has 1 rings (SSSR count). The Hall–Kier alpha value is -0.540. The Kier molecular flexibility index (Phi) is 7.36. The largest absolute Gasteiger partial charge is 0.309 e. The molecular formula is C14H26ClN3. The van der Waals surface area contributed by atoms with Gasteiger partial charge >= 0.3 is 0 Å². The lowest BCUT2D eigenvalue weighted by Gasteiger charge is -2.13. The van der Waals surface area contributed by atoms with Crippen LogP contribution in [0.3, 0.4) is 0 Å². The fourth-order valence-corrected chi connectivity index (χ4v) is 2.26. The summed E-state index contributed by atoms with van der Waals surface area (Å²) in [5, 5.41) is 8.12. The molecule has 0 aliphatic heterocycles. The number of aromatic nitrogens is 2. The zero-order chi connectivity index (χ0) is 13.4. The van der Waals surface area contributed by atoms with Crippen LogP contribution in [0.1, 0.15) is 58.2 Å². The zero-order valence-corrected chi connectivity index (χ0v) is 12.6. The van der Waals surface area contributed by atoms with E-state index in [9.17, 15) is 0 Å². The van der Waals surface area contributed by atoms with Crippen molar-refractivity contribution in [3.63, 3.8) is 0 Å². The molecule has 0 saturated carbocycles. The molecule has 0 saturated heterocycles. The van der Waals surface area contributed by atoms with Crippen LogP contribution in [0.4, 0.5) is 0 Å². The quantitative estimate of drug-likeness (QED) is 0.694. The summed E-state index contributed by atoms with van der Waals surface area (Å²) in [6.07, 6.45) is 6.56. The van der Waals surface area contributed by atoms with Crippen LogP contribution >= 0.6 is 11.6 Å². The predicted octanol–water partition coefficient (Wildman–Crippen LogP) is 3.74. The monoisotopic (exact) mass is 271 g/mol. The summed E-state index contributed by atoms with van der Waals surface area (Å²) in [7, 11) is 0. The second-order valence-corrected chi connectivity index (χ2v) is 5.25. The lowest BCUT2D eigenvalue weighted by atomic mass is 10.2. The molecule has 3 nitrogen and oxygen atoms in total. The van der Waals surface area contributed by atoms with Crippen molar-refractivity contribution in [3.05, 3.63) is 18.0 Å². The average Bonchev–Trinajstić information content (AvgIpc) is 2.84. The predicted molar refractivity (Wildman–Crippen MR) is 78.1 cm³/mol. The molecule has 0 amide bonds. The van der Waals surface area contributed by atoms with Crippen molar-refractivity contribution in [1.29, 1.82) is 0 Å². The van der Waals surface area contributed by atoms with Gasteiger partial charge < -0.3 is 5.32 Å². The molecule has 0 spiro atoms. The Labute approximate surface area is 116 Å². The van der Waals surface area contributed by atoms with E-state index in [1.54, 1.807) is 0 Å². The summed E-state index contributed by atoms with van der Waals surface area (Å²) in [4.78, 5) is 0. The van der Waals surface area contributed by atoms with E-state index in [0.29, 0.717) is 12.1 Å². The number of rotatable bonds is 9. The van der Waals surface area contributed by atoms with Gasteiger partial charge in [-0.3, -0.25) is 4.68 Å². The van der Waals surface area contributed by atoms with Crippen LogP contribution in [0.25, 0.3) is 0 Å². The molecule has 18 heavy (non-hydrogen) atoms. The van der Waals surface area contributed by atoms with Gasteiger partial charge in [0, 0.05) is 24.7 Å². The molecule has 4 heteroatoms. The highest BCUT2D eigenvalue weighted by molar-refractivity contribution is 6.17. The molecule has 1 atom stereocenters. The molecule has 1 N–H and O–H groups in total. The van der Waals surface area contributed by atoms with E-state index in [2.05, 4.69) is 48.1 Å². The van der Waals surface area contributed by atoms with Crippen LogP contribution in [0, 0.1) is 0 Å². The molecule has 1 unspecified atom stereocenters. The number of nitrogens with zero attached hydrogens (tertiary/aromatic N) is 2. The average molecular weight is 272 g/mol. The van der Waals surface area contributed by atoms with Gasteiger partial charge in [0.1, 0.15) is 0 Å². The highest BCUT2D eigenvalue weighted by Crippen LogP contribution is 2.14. The minimum Gasteiger partial charge on any atom is -0.309 e. The topological polar surface area (TPSA) is 29.9 Å². The second-order valence-electron chi connectivity index (χ2n) is 4.87. The van der Waals surface area contributed by atoms with Gasteiger partial charge in [0.2, 0.25) is 0 Å². The summed E-state index contributed by atoms with van der Waals surface area (Å²) in [6, 6.07) is 3.15. The Morgan fingerprint density at radius 1 is 1.39 bits per heavy atom. The molecule has 0 bridgehead atoms. The van der Waals surface area contributed by atoms with E-state index in [1.165, 1.54) is 0 Å². The summed E-state index contributed by atoms with van der Waals surface area (Å²) in [5.74, 6) is 0.745. The molecule has 0 aromatic carbocycles. The van der Waals surface area contributed by atoms with Gasteiger partial charge in [-0.25, -0.2) is 0 Å². The summed E-state index contributed by atoms with van der Waals surface area (Å²) >= 11 is 5.69. The van der Waals surface area contributed by atoms with E-state index in [-0.39, 0.29) is 0 Å². The standard InChI is InChI=1S/C14H26ClN3/c1-4-14(5-2)18-10-8-13(17-18)11-16-12(3)7-6-9-15/h8,10,12,14,16H,4-7,9,11H2,1-3H3. The fraction of sp³-hybridized carbons (Fsp3) is 0.786. The molecule has 0 fully saturated rings. The van der Waals surface area contributed by atoms with Gasteiger partial charge in [0.25, 0.3) is 0 Å². The Bertz CT molecular complexity index is 321. The Morgan fingerprint density at radius 2 is 2.11 bits per heavy atom. The van der Waals surface area contributed by atoms with Crippen molar-refractivity contribution in [1.82, 2.24) is 15.1 Å². The minimum atomic E-state index is 0.502. The maximum atomic E-state index is 5.69. The van der Waals surface area contributed by atoms with E-state index in [1.807, 2.05) is 0 Å². The van der Waals surface area contributed by atoms with Crippen molar-refractivity contribution < 1.29 is 0 Å². The van der Waals surface area contributed by atoms with E-state index < -0.39 is 0 Å². The van der Waals surface area contributed by atoms with Crippen molar-refractivity contribution in [2.45, 2.75) is 65.1 Å². The molecule has 0 aliphatic carbocycles. The molecule has 1 heterocycles. The van der Waals surface area contributed by atoms with E-state index >= 15 is 0 Å². The van der Waals surface area contributed by atoms with Crippen molar-refractivity contribution in [3.8, 4) is 0 Å². The number of hydrogen-bond donors (Lipinski definition) is 1. The first kappa shape index (κ1) is 15.5. The molecule has 0 radical (unpaired) electrons. The van der Waals surface area contributed by atoms with Gasteiger partial charge in [0.15, 0.2) is 0 Å². The van der Waals surface area contributed by atoms with Gasteiger partial charge in [-0.15, -0.1) is 11.6 Å². The molecular weight excluding hydrogens is 246 g/mol. The number of alkyl halides is 1. The van der Waals surface area contributed by atoms with E-state index in [4.69, 9.17) is 11.6 Å². The van der Waals surface area contributed by atoms with Gasteiger partial charge in [-0.05, 0) is 38.7 Å². The molecule has 0 aliphatic rings. The van der Waals surface area contributed by atoms with Gasteiger partial charge in [0.05, 0.1) is 11.7 Å². The lowest BCUT2D eigenvalue weighted by molar-refractivity contribution is 0.421. The van der Waals surface area contributed by atoms with E-state index in [0.717, 1.165) is 43.8 Å². The summed E-state index contributed by atoms with van der Waals surface area (Å²) in [6.45, 7) is 7.46. The van der Waals surface area contributed by atoms with Crippen LogP contribution in [0.15, 0.2) is 12.3 Å². The van der Waals surface area contributed by atoms with Crippen LogP contribution in [0.2, 0.25) is 0 Å². The first-order chi connectivity index (χ1) is 8.71. The maximum absolute atomic E-state index is 5.69. The third kappa shape index (κ3) is 4.99. The smallest absolute Gasteiger partial charge is 0.0762 e. The second kappa shape index (κ2) is 8.54. The molecule has 1 aromatic heterocycles. The Balaban J connectivity index is 2.39. The molecule has 1 aromatic rings. The normalized spacial score (nSPS) is 13.2. The maximum Gasteiger partial charge on any atom is 0.0762 e. The van der Waals surface area contributed by atoms with Crippen LogP contribution in [-0.4, -0.2) is 21.7 Å². The zero-order valence-electron chi connectivity index (χ0n) is 11.8. The van der Waals surface area contributed by atoms with Crippen LogP contribution in [-0.2, 0) is 6.54 Å². The first-order valence-corrected chi connectivity index (χ1v) is 7.58. The number of hydrogen-bond acceptors (Lipinski definition) is 2. The summed E-state index contributed by atoms with van der Waals surface area (Å²) in [5.41, 5.74) is 1.12. The number of halogens is 1. The van der Waals surface area contributed by atoms with Crippen molar-refractivity contribution >= 4 is 11.6 Å². The fourth-order valence-electron chi connectivity index (χ4n) is 2.10. The Morgan fingerprint density at radius 3 is 2.72 bits per heavy atom. The summed E-state index contributed by atoms with van der Waals surface area (Å²) < 4.78 is 2.10. The van der Waals surface area contributed by atoms with Crippen LogP contribution < -0.4 is 5.32 Å². The minimum absolute atomic E-state index is 0.502. The van der Waals surface area contributed by atoms with Crippen LogP contribution in [0.5, 0.6) is 0 Å². The third-order valence-corrected chi connectivity index (χ3v) is 3.65. The molecule has 104 valence electrons. The highest BCUT2D eigenvalue weighted by Gasteiger charge is 2.08. The third-order valence-electron chi connectivity index (χ3n) is 3.38.